The second kappa shape index (κ2) is 8.58. The van der Waals surface area contributed by atoms with Crippen molar-refractivity contribution in [2.45, 2.75) is 53.4 Å². The highest BCUT2D eigenvalue weighted by Gasteiger charge is 2.04. The van der Waals surface area contributed by atoms with Gasteiger partial charge in [-0.3, -0.25) is 0 Å². The first kappa shape index (κ1) is 16.5. The third-order valence-corrected chi connectivity index (χ3v) is 3.83. The average Bonchev–Trinajstić information content (AvgIpc) is 2.48. The normalized spacial score (nSPS) is 14.8. The van der Waals surface area contributed by atoms with Crippen LogP contribution in [0.4, 0.5) is 0 Å². The summed E-state index contributed by atoms with van der Waals surface area (Å²) in [4.78, 5) is 0. The molecule has 0 spiro atoms. The average molecular weight is 268 g/mol. The first-order chi connectivity index (χ1) is 9.62. The summed E-state index contributed by atoms with van der Waals surface area (Å²) in [6, 6.07) is 9.03. The molecule has 1 aromatic carbocycles. The van der Waals surface area contributed by atoms with Gasteiger partial charge in [0.15, 0.2) is 0 Å². The van der Waals surface area contributed by atoms with Crippen molar-refractivity contribution in [1.82, 2.24) is 0 Å². The van der Waals surface area contributed by atoms with Gasteiger partial charge < -0.3 is 0 Å². The van der Waals surface area contributed by atoms with Gasteiger partial charge in [0.2, 0.25) is 0 Å². The molecule has 0 N–H and O–H groups in total. The summed E-state index contributed by atoms with van der Waals surface area (Å²) in [5.74, 6) is 0.656. The van der Waals surface area contributed by atoms with E-state index in [2.05, 4.69) is 83.2 Å². The molecule has 1 rings (SSSR count). The fourth-order valence-corrected chi connectivity index (χ4v) is 2.28. The third-order valence-electron chi connectivity index (χ3n) is 3.83. The lowest BCUT2D eigenvalue weighted by Crippen LogP contribution is -1.93. The molecule has 20 heavy (non-hydrogen) atoms. The van der Waals surface area contributed by atoms with E-state index in [4.69, 9.17) is 0 Å². The van der Waals surface area contributed by atoms with E-state index in [1.54, 1.807) is 0 Å². The van der Waals surface area contributed by atoms with Crippen molar-refractivity contribution in [2.24, 2.45) is 0 Å². The predicted molar refractivity (Wildman–Crippen MR) is 92.0 cm³/mol. The van der Waals surface area contributed by atoms with E-state index < -0.39 is 0 Å². The quantitative estimate of drug-likeness (QED) is 0.515. The van der Waals surface area contributed by atoms with Crippen LogP contribution in [-0.2, 0) is 0 Å². The molecule has 108 valence electrons. The fourth-order valence-electron chi connectivity index (χ4n) is 2.28. The molecule has 0 aliphatic carbocycles. The molecule has 0 saturated heterocycles. The molecule has 1 aromatic rings. The first-order valence-electron chi connectivity index (χ1n) is 7.70. The molecule has 0 fully saturated rings. The number of rotatable bonds is 6. The summed E-state index contributed by atoms with van der Waals surface area (Å²) in [6.45, 7) is 10.8. The van der Waals surface area contributed by atoms with Gasteiger partial charge in [-0.25, -0.2) is 0 Å². The van der Waals surface area contributed by atoms with Crippen LogP contribution in [0.15, 0.2) is 54.1 Å². The molecule has 0 heterocycles. The Kier molecular flexibility index (Phi) is 7.08. The molecule has 0 amide bonds. The van der Waals surface area contributed by atoms with Crippen LogP contribution < -0.4 is 0 Å². The van der Waals surface area contributed by atoms with Gasteiger partial charge in [0.25, 0.3) is 0 Å². The summed E-state index contributed by atoms with van der Waals surface area (Å²) >= 11 is 0. The summed E-state index contributed by atoms with van der Waals surface area (Å²) < 4.78 is 0. The highest BCUT2D eigenvalue weighted by Crippen LogP contribution is 2.23. The molecule has 0 aromatic heterocycles. The first-order valence-corrected chi connectivity index (χ1v) is 7.70. The Bertz CT molecular complexity index is 483. The van der Waals surface area contributed by atoms with Gasteiger partial charge in [-0.05, 0) is 49.8 Å². The lowest BCUT2D eigenvalue weighted by Gasteiger charge is -2.11. The molecule has 0 nitrogen and oxygen atoms in total. The van der Waals surface area contributed by atoms with Crippen molar-refractivity contribution < 1.29 is 0 Å². The van der Waals surface area contributed by atoms with Gasteiger partial charge in [-0.15, -0.1) is 0 Å². The van der Waals surface area contributed by atoms with E-state index in [1.165, 1.54) is 35.1 Å². The summed E-state index contributed by atoms with van der Waals surface area (Å²) in [7, 11) is 0. The minimum atomic E-state index is 0.656. The molecule has 0 heteroatoms. The molecule has 0 unspecified atom stereocenters. The van der Waals surface area contributed by atoms with Crippen molar-refractivity contribution in [3.05, 3.63) is 65.3 Å². The van der Waals surface area contributed by atoms with E-state index in [-0.39, 0.29) is 0 Å². The van der Waals surface area contributed by atoms with Gasteiger partial charge >= 0.3 is 0 Å². The minimum Gasteiger partial charge on any atom is -0.0847 e. The van der Waals surface area contributed by atoms with E-state index in [1.807, 2.05) is 0 Å². The zero-order valence-corrected chi connectivity index (χ0v) is 13.6. The fraction of sp³-hybridized carbons (Fsp3) is 0.400. The van der Waals surface area contributed by atoms with Gasteiger partial charge in [0.05, 0.1) is 0 Å². The number of hydrogen-bond donors (Lipinski definition) is 0. The van der Waals surface area contributed by atoms with E-state index in [0.717, 1.165) is 0 Å². The van der Waals surface area contributed by atoms with Crippen LogP contribution in [0, 0.1) is 0 Å². The Balaban J connectivity index is 2.88. The Morgan fingerprint density at radius 2 is 1.70 bits per heavy atom. The largest absolute Gasteiger partial charge is 0.0847 e. The molecular weight excluding hydrogens is 240 g/mol. The lowest BCUT2D eigenvalue weighted by atomic mass is 9.94. The zero-order valence-electron chi connectivity index (χ0n) is 13.6. The Labute approximate surface area is 124 Å². The maximum Gasteiger partial charge on any atom is -0.0187 e. The van der Waals surface area contributed by atoms with Crippen LogP contribution in [0.25, 0.3) is 5.57 Å². The molecule has 0 saturated carbocycles. The van der Waals surface area contributed by atoms with Gasteiger partial charge in [0, 0.05) is 0 Å². The Morgan fingerprint density at radius 3 is 2.20 bits per heavy atom. The van der Waals surface area contributed by atoms with Crippen molar-refractivity contribution in [1.29, 1.82) is 0 Å². The molecule has 0 bridgehead atoms. The molecule has 1 atom stereocenters. The number of hydrogen-bond acceptors (Lipinski definition) is 0. The van der Waals surface area contributed by atoms with Crippen LogP contribution in [0.1, 0.15) is 64.5 Å². The van der Waals surface area contributed by atoms with E-state index in [0.29, 0.717) is 5.92 Å². The smallest absolute Gasteiger partial charge is 0.0187 e. The van der Waals surface area contributed by atoms with Crippen LogP contribution in [0.3, 0.4) is 0 Å². The minimum absolute atomic E-state index is 0.656. The summed E-state index contributed by atoms with van der Waals surface area (Å²) in [5, 5.41) is 0. The number of benzene rings is 1. The van der Waals surface area contributed by atoms with E-state index >= 15 is 0 Å². The number of allylic oxidation sites excluding steroid dienone is 6. The second-order valence-corrected chi connectivity index (χ2v) is 5.42. The zero-order chi connectivity index (χ0) is 15.0. The highest BCUT2D eigenvalue weighted by atomic mass is 14.1. The van der Waals surface area contributed by atoms with Crippen LogP contribution in [-0.4, -0.2) is 0 Å². The van der Waals surface area contributed by atoms with Crippen LogP contribution in [0.5, 0.6) is 0 Å². The molecule has 0 aliphatic heterocycles. The second-order valence-electron chi connectivity index (χ2n) is 5.42. The third kappa shape index (κ3) is 4.85. The topological polar surface area (TPSA) is 0 Å². The monoisotopic (exact) mass is 268 g/mol. The predicted octanol–water partition coefficient (Wildman–Crippen LogP) is 6.52. The lowest BCUT2D eigenvalue weighted by molar-refractivity contribution is 0.665. The van der Waals surface area contributed by atoms with Crippen LogP contribution >= 0.6 is 0 Å². The van der Waals surface area contributed by atoms with Crippen LogP contribution in [0.2, 0.25) is 0 Å². The van der Waals surface area contributed by atoms with Gasteiger partial charge in [-0.1, -0.05) is 74.4 Å². The molecule has 0 aliphatic rings. The molecular formula is C20H28. The SMILES string of the molecule is C\C=C(C)/C=C\C(=C/C)c1ccc([C@H](C)CCC)cc1. The van der Waals surface area contributed by atoms with Gasteiger partial charge in [-0.2, -0.15) is 0 Å². The van der Waals surface area contributed by atoms with Gasteiger partial charge in [0.1, 0.15) is 0 Å². The van der Waals surface area contributed by atoms with Crippen molar-refractivity contribution in [3.63, 3.8) is 0 Å². The van der Waals surface area contributed by atoms with E-state index in [9.17, 15) is 0 Å². The Hall–Kier alpha value is -1.56. The Morgan fingerprint density at radius 1 is 1.05 bits per heavy atom. The highest BCUT2D eigenvalue weighted by molar-refractivity contribution is 5.74. The summed E-state index contributed by atoms with van der Waals surface area (Å²) in [6.07, 6.45) is 11.2. The van der Waals surface area contributed by atoms with Crippen molar-refractivity contribution in [3.8, 4) is 0 Å². The molecule has 0 radical (unpaired) electrons. The van der Waals surface area contributed by atoms with Crippen molar-refractivity contribution in [2.75, 3.05) is 0 Å². The maximum atomic E-state index is 2.31. The maximum absolute atomic E-state index is 2.31. The summed E-state index contributed by atoms with van der Waals surface area (Å²) in [5.41, 5.74) is 5.30. The standard InChI is InChI=1S/C20H28/c1-6-9-17(5)19-12-14-20(15-13-19)18(8-3)11-10-16(4)7-2/h7-8,10-15,17H,6,9H2,1-5H3/b11-10-,16-7-,18-8+/t17-/m1/s1. The van der Waals surface area contributed by atoms with Crippen molar-refractivity contribution >= 4 is 5.57 Å².